The molecule has 0 saturated heterocycles. The predicted octanol–water partition coefficient (Wildman–Crippen LogP) is 4.72. The number of rotatable bonds is 2. The van der Waals surface area contributed by atoms with E-state index in [4.69, 9.17) is 10.3 Å². The number of benzene rings is 1. The van der Waals surface area contributed by atoms with E-state index in [1.165, 1.54) is 5.56 Å². The van der Waals surface area contributed by atoms with Crippen molar-refractivity contribution in [1.29, 1.82) is 0 Å². The number of aryl methyl sites for hydroxylation is 1. The van der Waals surface area contributed by atoms with Gasteiger partial charge < -0.3 is 10.3 Å². The maximum absolute atomic E-state index is 5.93. The molecule has 96 valence electrons. The van der Waals surface area contributed by atoms with Crippen LogP contribution in [0.2, 0.25) is 0 Å². The fourth-order valence-electron chi connectivity index (χ4n) is 2.01. The van der Waals surface area contributed by atoms with Crippen LogP contribution in [0.4, 0.5) is 5.88 Å². The molecule has 2 heterocycles. The maximum Gasteiger partial charge on any atom is 0.230 e. The molecule has 0 aliphatic rings. The van der Waals surface area contributed by atoms with Gasteiger partial charge in [0.1, 0.15) is 5.69 Å². The SMILES string of the molecule is Cc1cccc(-c2c(-c3csc(Br)c3)noc2N)c1. The number of aromatic nitrogens is 1. The fourth-order valence-corrected chi connectivity index (χ4v) is 3.15. The van der Waals surface area contributed by atoms with Gasteiger partial charge in [-0.25, -0.2) is 0 Å². The summed E-state index contributed by atoms with van der Waals surface area (Å²) in [5, 5.41) is 6.12. The van der Waals surface area contributed by atoms with Gasteiger partial charge in [0.2, 0.25) is 5.88 Å². The molecule has 2 N–H and O–H groups in total. The minimum atomic E-state index is 0.350. The van der Waals surface area contributed by atoms with Crippen LogP contribution in [-0.2, 0) is 0 Å². The molecular weight excluding hydrogens is 324 g/mol. The third-order valence-corrected chi connectivity index (χ3v) is 4.37. The molecule has 3 aromatic rings. The molecule has 19 heavy (non-hydrogen) atoms. The third-order valence-electron chi connectivity index (χ3n) is 2.87. The number of thiophene rings is 1. The Bertz CT molecular complexity index is 733. The predicted molar refractivity (Wildman–Crippen MR) is 82.1 cm³/mol. The molecule has 0 amide bonds. The molecular formula is C14H11BrN2OS. The third kappa shape index (κ3) is 2.31. The number of hydrogen-bond donors (Lipinski definition) is 1. The Hall–Kier alpha value is -1.59. The molecule has 0 bridgehead atoms. The van der Waals surface area contributed by atoms with Gasteiger partial charge in [0.15, 0.2) is 0 Å². The Kier molecular flexibility index (Phi) is 3.16. The first-order valence-electron chi connectivity index (χ1n) is 5.72. The quantitative estimate of drug-likeness (QED) is 0.737. The first-order valence-corrected chi connectivity index (χ1v) is 7.39. The van der Waals surface area contributed by atoms with E-state index in [0.717, 1.165) is 26.2 Å². The molecule has 2 aromatic heterocycles. The normalized spacial score (nSPS) is 10.8. The average Bonchev–Trinajstić information content (AvgIpc) is 2.95. The van der Waals surface area contributed by atoms with Gasteiger partial charge in [0, 0.05) is 10.9 Å². The van der Waals surface area contributed by atoms with E-state index < -0.39 is 0 Å². The van der Waals surface area contributed by atoms with Gasteiger partial charge in [-0.05, 0) is 34.5 Å². The highest BCUT2D eigenvalue weighted by molar-refractivity contribution is 9.11. The van der Waals surface area contributed by atoms with Crippen LogP contribution in [0, 0.1) is 6.92 Å². The van der Waals surface area contributed by atoms with E-state index in [1.807, 2.05) is 36.6 Å². The van der Waals surface area contributed by atoms with Crippen molar-refractivity contribution in [1.82, 2.24) is 5.16 Å². The summed E-state index contributed by atoms with van der Waals surface area (Å²) in [6.45, 7) is 2.05. The first kappa shape index (κ1) is 12.4. The van der Waals surface area contributed by atoms with E-state index in [0.29, 0.717) is 5.88 Å². The minimum Gasteiger partial charge on any atom is -0.367 e. The highest BCUT2D eigenvalue weighted by atomic mass is 79.9. The van der Waals surface area contributed by atoms with Gasteiger partial charge in [0.25, 0.3) is 0 Å². The lowest BCUT2D eigenvalue weighted by molar-refractivity contribution is 0.439. The van der Waals surface area contributed by atoms with Crippen LogP contribution in [0.25, 0.3) is 22.4 Å². The highest BCUT2D eigenvalue weighted by Crippen LogP contribution is 2.38. The number of anilines is 1. The van der Waals surface area contributed by atoms with Crippen molar-refractivity contribution in [2.45, 2.75) is 6.92 Å². The summed E-state index contributed by atoms with van der Waals surface area (Å²) >= 11 is 5.07. The van der Waals surface area contributed by atoms with Crippen molar-refractivity contribution >= 4 is 33.2 Å². The Morgan fingerprint density at radius 2 is 2.11 bits per heavy atom. The molecule has 0 saturated carbocycles. The van der Waals surface area contributed by atoms with E-state index in [9.17, 15) is 0 Å². The molecule has 0 atom stereocenters. The lowest BCUT2D eigenvalue weighted by Crippen LogP contribution is -1.87. The van der Waals surface area contributed by atoms with E-state index >= 15 is 0 Å². The molecule has 0 spiro atoms. The van der Waals surface area contributed by atoms with Crippen molar-refractivity contribution in [2.75, 3.05) is 5.73 Å². The second kappa shape index (κ2) is 4.83. The van der Waals surface area contributed by atoms with E-state index in [2.05, 4.69) is 27.2 Å². The fraction of sp³-hybridized carbons (Fsp3) is 0.0714. The number of halogens is 1. The molecule has 0 aliphatic carbocycles. The van der Waals surface area contributed by atoms with E-state index in [-0.39, 0.29) is 0 Å². The standard InChI is InChI=1S/C14H11BrN2OS/c1-8-3-2-4-9(5-8)12-13(17-18-14(12)16)10-6-11(15)19-7-10/h2-7H,16H2,1H3. The topological polar surface area (TPSA) is 52.0 Å². The first-order chi connectivity index (χ1) is 9.15. The Morgan fingerprint density at radius 3 is 2.79 bits per heavy atom. The largest absolute Gasteiger partial charge is 0.367 e. The lowest BCUT2D eigenvalue weighted by atomic mass is 10.0. The number of nitrogens with zero attached hydrogens (tertiary/aromatic N) is 1. The zero-order valence-corrected chi connectivity index (χ0v) is 12.6. The Morgan fingerprint density at radius 1 is 1.26 bits per heavy atom. The second-order valence-corrected chi connectivity index (χ2v) is 6.57. The van der Waals surface area contributed by atoms with Crippen LogP contribution < -0.4 is 5.73 Å². The molecule has 5 heteroatoms. The van der Waals surface area contributed by atoms with Crippen molar-refractivity contribution < 1.29 is 4.52 Å². The highest BCUT2D eigenvalue weighted by Gasteiger charge is 2.18. The number of nitrogens with two attached hydrogens (primary N) is 1. The Labute approximate surface area is 123 Å². The zero-order chi connectivity index (χ0) is 13.4. The van der Waals surface area contributed by atoms with Crippen LogP contribution in [0.5, 0.6) is 0 Å². The monoisotopic (exact) mass is 334 g/mol. The summed E-state index contributed by atoms with van der Waals surface area (Å²) in [5.41, 5.74) is 10.8. The second-order valence-electron chi connectivity index (χ2n) is 4.28. The van der Waals surface area contributed by atoms with Gasteiger partial charge in [0.05, 0.1) is 9.35 Å². The summed E-state index contributed by atoms with van der Waals surface area (Å²) in [6.07, 6.45) is 0. The lowest BCUT2D eigenvalue weighted by Gasteiger charge is -2.02. The number of hydrogen-bond acceptors (Lipinski definition) is 4. The summed E-state index contributed by atoms with van der Waals surface area (Å²) < 4.78 is 6.23. The molecule has 1 aromatic carbocycles. The molecule has 0 fully saturated rings. The summed E-state index contributed by atoms with van der Waals surface area (Å²) in [6, 6.07) is 10.2. The summed E-state index contributed by atoms with van der Waals surface area (Å²) in [4.78, 5) is 0. The van der Waals surface area contributed by atoms with Gasteiger partial charge in [-0.15, -0.1) is 11.3 Å². The molecule has 0 radical (unpaired) electrons. The van der Waals surface area contributed by atoms with Crippen molar-refractivity contribution in [2.24, 2.45) is 0 Å². The average molecular weight is 335 g/mol. The Balaban J connectivity index is 2.19. The summed E-state index contributed by atoms with van der Waals surface area (Å²) in [7, 11) is 0. The van der Waals surface area contributed by atoms with Crippen LogP contribution in [-0.4, -0.2) is 5.16 Å². The van der Waals surface area contributed by atoms with Crippen LogP contribution >= 0.6 is 27.3 Å². The van der Waals surface area contributed by atoms with Crippen molar-refractivity contribution in [3.05, 3.63) is 45.1 Å². The zero-order valence-electron chi connectivity index (χ0n) is 10.2. The smallest absolute Gasteiger partial charge is 0.230 e. The van der Waals surface area contributed by atoms with Crippen LogP contribution in [0.15, 0.2) is 44.0 Å². The van der Waals surface area contributed by atoms with Crippen molar-refractivity contribution in [3.8, 4) is 22.4 Å². The summed E-state index contributed by atoms with van der Waals surface area (Å²) in [5.74, 6) is 0.350. The van der Waals surface area contributed by atoms with Gasteiger partial charge in [-0.3, -0.25) is 0 Å². The van der Waals surface area contributed by atoms with Crippen LogP contribution in [0.1, 0.15) is 5.56 Å². The van der Waals surface area contributed by atoms with Crippen molar-refractivity contribution in [3.63, 3.8) is 0 Å². The molecule has 3 nitrogen and oxygen atoms in total. The minimum absolute atomic E-state index is 0.350. The number of nitrogen functional groups attached to an aromatic ring is 1. The van der Waals surface area contributed by atoms with Gasteiger partial charge >= 0.3 is 0 Å². The van der Waals surface area contributed by atoms with Crippen LogP contribution in [0.3, 0.4) is 0 Å². The maximum atomic E-state index is 5.93. The van der Waals surface area contributed by atoms with Gasteiger partial charge in [-0.2, -0.15) is 0 Å². The molecule has 0 unspecified atom stereocenters. The molecule has 0 aliphatic heterocycles. The van der Waals surface area contributed by atoms with Gasteiger partial charge in [-0.1, -0.05) is 35.0 Å². The molecule has 3 rings (SSSR count). The van der Waals surface area contributed by atoms with E-state index in [1.54, 1.807) is 11.3 Å².